The van der Waals surface area contributed by atoms with E-state index in [1.807, 2.05) is 30.3 Å². The van der Waals surface area contributed by atoms with Crippen LogP contribution in [-0.2, 0) is 0 Å². The molecule has 0 aliphatic carbocycles. The van der Waals surface area contributed by atoms with Crippen LogP contribution in [0.1, 0.15) is 6.92 Å². The van der Waals surface area contributed by atoms with Crippen LogP contribution in [0.5, 0.6) is 0 Å². The van der Waals surface area contributed by atoms with Gasteiger partial charge in [-0.15, -0.1) is 18.3 Å². The van der Waals surface area contributed by atoms with Crippen LogP contribution in [0.15, 0.2) is 41.8 Å². The Morgan fingerprint density at radius 2 is 2.00 bits per heavy atom. The lowest BCUT2D eigenvalue weighted by Crippen LogP contribution is -1.88. The van der Waals surface area contributed by atoms with Crippen molar-refractivity contribution in [1.29, 1.82) is 0 Å². The molecule has 0 bridgehead atoms. The lowest BCUT2D eigenvalue weighted by molar-refractivity contribution is 1.24. The summed E-state index contributed by atoms with van der Waals surface area (Å²) >= 11 is 1.78. The Hall–Kier alpha value is -0.890. The molecule has 0 amide bonds. The zero-order chi connectivity index (χ0) is 8.97. The maximum Gasteiger partial charge on any atom is 0.0314 e. The van der Waals surface area contributed by atoms with Crippen LogP contribution in [0.4, 0.5) is 5.69 Å². The van der Waals surface area contributed by atoms with Gasteiger partial charge >= 0.3 is 0 Å². The summed E-state index contributed by atoms with van der Waals surface area (Å²) < 4.78 is 0. The van der Waals surface area contributed by atoms with E-state index in [4.69, 9.17) is 5.73 Å². The van der Waals surface area contributed by atoms with Gasteiger partial charge in [0.1, 0.15) is 0 Å². The lowest BCUT2D eigenvalue weighted by Gasteiger charge is -2.04. The summed E-state index contributed by atoms with van der Waals surface area (Å²) in [6.45, 7) is 5.85. The first-order valence-corrected chi connectivity index (χ1v) is 4.75. The van der Waals surface area contributed by atoms with Crippen molar-refractivity contribution in [2.75, 3.05) is 5.73 Å². The summed E-state index contributed by atoms with van der Waals surface area (Å²) in [7, 11) is 0. The number of rotatable bonds is 3. The van der Waals surface area contributed by atoms with Gasteiger partial charge in [0.2, 0.25) is 0 Å². The van der Waals surface area contributed by atoms with Gasteiger partial charge in [-0.2, -0.15) is 0 Å². The Balaban J connectivity index is 2.64. The summed E-state index contributed by atoms with van der Waals surface area (Å²) in [6.07, 6.45) is 1.93. The quantitative estimate of drug-likeness (QED) is 0.438. The number of benzene rings is 1. The molecule has 12 heavy (non-hydrogen) atoms. The van der Waals surface area contributed by atoms with Crippen molar-refractivity contribution < 1.29 is 0 Å². The number of hydrogen-bond acceptors (Lipinski definition) is 2. The van der Waals surface area contributed by atoms with Crippen molar-refractivity contribution in [3.05, 3.63) is 36.9 Å². The van der Waals surface area contributed by atoms with Crippen LogP contribution >= 0.6 is 11.8 Å². The van der Waals surface area contributed by atoms with E-state index in [-0.39, 0.29) is 0 Å². The molecule has 0 aliphatic heterocycles. The minimum atomic E-state index is 0.452. The van der Waals surface area contributed by atoms with Crippen LogP contribution in [-0.4, -0.2) is 5.25 Å². The maximum absolute atomic E-state index is 5.56. The van der Waals surface area contributed by atoms with E-state index in [1.54, 1.807) is 11.8 Å². The fourth-order valence-corrected chi connectivity index (χ4v) is 1.63. The van der Waals surface area contributed by atoms with Crippen LogP contribution in [0.2, 0.25) is 0 Å². The highest BCUT2D eigenvalue weighted by molar-refractivity contribution is 8.00. The smallest absolute Gasteiger partial charge is 0.0314 e. The van der Waals surface area contributed by atoms with E-state index in [0.717, 1.165) is 5.69 Å². The lowest BCUT2D eigenvalue weighted by atomic mass is 10.3. The Morgan fingerprint density at radius 3 is 2.50 bits per heavy atom. The first kappa shape index (κ1) is 9.20. The molecule has 1 rings (SSSR count). The van der Waals surface area contributed by atoms with E-state index >= 15 is 0 Å². The van der Waals surface area contributed by atoms with Crippen molar-refractivity contribution in [3.8, 4) is 0 Å². The molecule has 0 aromatic heterocycles. The van der Waals surface area contributed by atoms with Crippen molar-refractivity contribution >= 4 is 17.4 Å². The van der Waals surface area contributed by atoms with Gasteiger partial charge < -0.3 is 5.73 Å². The number of thioether (sulfide) groups is 1. The summed E-state index contributed by atoms with van der Waals surface area (Å²) in [5, 5.41) is 0.452. The minimum absolute atomic E-state index is 0.452. The molecule has 1 unspecified atom stereocenters. The Labute approximate surface area is 77.7 Å². The molecule has 0 radical (unpaired) electrons. The molecule has 64 valence electrons. The van der Waals surface area contributed by atoms with E-state index in [1.165, 1.54) is 4.90 Å². The molecule has 0 fully saturated rings. The Morgan fingerprint density at radius 1 is 1.42 bits per heavy atom. The van der Waals surface area contributed by atoms with Crippen LogP contribution < -0.4 is 5.73 Å². The Kier molecular flexibility index (Phi) is 3.23. The van der Waals surface area contributed by atoms with Gasteiger partial charge in [0.05, 0.1) is 0 Å². The first-order valence-electron chi connectivity index (χ1n) is 3.87. The average Bonchev–Trinajstić information content (AvgIpc) is 2.09. The Bertz CT molecular complexity index is 253. The highest BCUT2D eigenvalue weighted by Gasteiger charge is 1.98. The summed E-state index contributed by atoms with van der Waals surface area (Å²) in [5.41, 5.74) is 6.37. The number of anilines is 1. The second-order valence-electron chi connectivity index (χ2n) is 2.63. The molecule has 2 N–H and O–H groups in total. The molecular formula is C10H13NS. The van der Waals surface area contributed by atoms with Gasteiger partial charge in [-0.1, -0.05) is 6.08 Å². The van der Waals surface area contributed by atoms with Crippen molar-refractivity contribution in [2.45, 2.75) is 17.1 Å². The predicted octanol–water partition coefficient (Wildman–Crippen LogP) is 2.94. The van der Waals surface area contributed by atoms with Crippen LogP contribution in [0.3, 0.4) is 0 Å². The average molecular weight is 179 g/mol. The van der Waals surface area contributed by atoms with Crippen molar-refractivity contribution in [3.63, 3.8) is 0 Å². The molecule has 1 aromatic rings. The molecular weight excluding hydrogens is 166 g/mol. The fourth-order valence-electron chi connectivity index (χ4n) is 0.809. The second-order valence-corrected chi connectivity index (χ2v) is 4.08. The van der Waals surface area contributed by atoms with E-state index in [0.29, 0.717) is 5.25 Å². The highest BCUT2D eigenvalue weighted by Crippen LogP contribution is 2.24. The predicted molar refractivity (Wildman–Crippen MR) is 56.4 cm³/mol. The van der Waals surface area contributed by atoms with E-state index in [2.05, 4.69) is 13.5 Å². The SMILES string of the molecule is C=CC(C)Sc1ccc(N)cc1. The molecule has 1 atom stereocenters. The van der Waals surface area contributed by atoms with Crippen molar-refractivity contribution in [1.82, 2.24) is 0 Å². The molecule has 0 aliphatic rings. The number of nitrogens with two attached hydrogens (primary N) is 1. The van der Waals surface area contributed by atoms with E-state index < -0.39 is 0 Å². The largest absolute Gasteiger partial charge is 0.399 e. The molecule has 1 nitrogen and oxygen atoms in total. The minimum Gasteiger partial charge on any atom is -0.399 e. The number of nitrogen functional groups attached to an aromatic ring is 1. The number of hydrogen-bond donors (Lipinski definition) is 1. The third-order valence-electron chi connectivity index (χ3n) is 1.53. The topological polar surface area (TPSA) is 26.0 Å². The first-order chi connectivity index (χ1) is 5.72. The van der Waals surface area contributed by atoms with Gasteiger partial charge in [-0.3, -0.25) is 0 Å². The maximum atomic E-state index is 5.56. The van der Waals surface area contributed by atoms with E-state index in [9.17, 15) is 0 Å². The molecule has 0 saturated heterocycles. The van der Waals surface area contributed by atoms with Gasteiger partial charge in [0, 0.05) is 15.8 Å². The summed E-state index contributed by atoms with van der Waals surface area (Å²) in [6, 6.07) is 7.89. The fraction of sp³-hybridized carbons (Fsp3) is 0.200. The van der Waals surface area contributed by atoms with Gasteiger partial charge in [-0.25, -0.2) is 0 Å². The molecule has 0 spiro atoms. The van der Waals surface area contributed by atoms with Gasteiger partial charge in [-0.05, 0) is 31.2 Å². The molecule has 2 heteroatoms. The molecule has 0 heterocycles. The summed E-state index contributed by atoms with van der Waals surface area (Å²) in [5.74, 6) is 0. The third-order valence-corrected chi connectivity index (χ3v) is 2.64. The zero-order valence-electron chi connectivity index (χ0n) is 7.16. The third kappa shape index (κ3) is 2.62. The van der Waals surface area contributed by atoms with Crippen LogP contribution in [0.25, 0.3) is 0 Å². The highest BCUT2D eigenvalue weighted by atomic mass is 32.2. The standard InChI is InChI=1S/C10H13NS/c1-3-8(2)12-10-6-4-9(11)5-7-10/h3-8H,1,11H2,2H3. The zero-order valence-corrected chi connectivity index (χ0v) is 7.97. The van der Waals surface area contributed by atoms with Gasteiger partial charge in [0.25, 0.3) is 0 Å². The van der Waals surface area contributed by atoms with Gasteiger partial charge in [0.15, 0.2) is 0 Å². The molecule has 0 saturated carbocycles. The van der Waals surface area contributed by atoms with Crippen molar-refractivity contribution in [2.24, 2.45) is 0 Å². The molecule has 1 aromatic carbocycles. The normalized spacial score (nSPS) is 12.4. The van der Waals surface area contributed by atoms with Crippen LogP contribution in [0, 0.1) is 0 Å². The second kappa shape index (κ2) is 4.21. The monoisotopic (exact) mass is 179 g/mol. The summed E-state index contributed by atoms with van der Waals surface area (Å²) in [4.78, 5) is 1.23.